The molecular formula is C61H45N. The Morgan fingerprint density at radius 1 is 0.532 bits per heavy atom. The van der Waals surface area contributed by atoms with Gasteiger partial charge in [-0.05, 0) is 120 Å². The van der Waals surface area contributed by atoms with Crippen molar-refractivity contribution in [2.45, 2.75) is 17.9 Å². The third-order valence-corrected chi connectivity index (χ3v) is 12.3. The van der Waals surface area contributed by atoms with E-state index in [9.17, 15) is 6.85 Å². The maximum absolute atomic E-state index is 10.1. The first kappa shape index (κ1) is 32.1. The van der Waals surface area contributed by atoms with Gasteiger partial charge in [0.05, 0.1) is 16.9 Å². The molecule has 0 amide bonds. The van der Waals surface area contributed by atoms with Crippen molar-refractivity contribution >= 4 is 33.8 Å². The first-order valence-corrected chi connectivity index (χ1v) is 21.2. The zero-order chi connectivity index (χ0) is 45.6. The summed E-state index contributed by atoms with van der Waals surface area (Å²) >= 11 is 0. The molecule has 9 aromatic carbocycles. The van der Waals surface area contributed by atoms with Crippen LogP contribution in [0, 0.1) is 0 Å². The Balaban J connectivity index is 1.13. The molecule has 2 aliphatic carbocycles. The summed E-state index contributed by atoms with van der Waals surface area (Å²) in [4.78, 5) is 2.00. The van der Waals surface area contributed by atoms with E-state index in [1.165, 1.54) is 10.9 Å². The number of hydrogen-bond acceptors (Lipinski definition) is 1. The zero-order valence-electron chi connectivity index (χ0n) is 39.0. The van der Waals surface area contributed by atoms with Gasteiger partial charge in [-0.25, -0.2) is 0 Å². The third kappa shape index (κ3) is 6.60. The van der Waals surface area contributed by atoms with Gasteiger partial charge < -0.3 is 4.90 Å². The van der Waals surface area contributed by atoms with Crippen LogP contribution in [-0.4, -0.2) is 6.04 Å². The normalized spacial score (nSPS) is 18.1. The van der Waals surface area contributed by atoms with Crippen molar-refractivity contribution in [2.24, 2.45) is 0 Å². The predicted molar refractivity (Wildman–Crippen MR) is 262 cm³/mol. The highest BCUT2D eigenvalue weighted by atomic mass is 15.2. The smallest absolute Gasteiger partial charge is 0.0714 e. The minimum Gasteiger partial charge on any atom is -0.334 e. The number of benzene rings is 9. The van der Waals surface area contributed by atoms with Crippen molar-refractivity contribution in [1.82, 2.24) is 0 Å². The van der Waals surface area contributed by atoms with Gasteiger partial charge in [0, 0.05) is 12.7 Å². The van der Waals surface area contributed by atoms with Gasteiger partial charge in [-0.15, -0.1) is 0 Å². The lowest BCUT2D eigenvalue weighted by Crippen LogP contribution is -2.31. The van der Waals surface area contributed by atoms with Gasteiger partial charge in [0.2, 0.25) is 0 Å². The van der Waals surface area contributed by atoms with Gasteiger partial charge in [-0.2, -0.15) is 0 Å². The second-order valence-corrected chi connectivity index (χ2v) is 15.9. The third-order valence-electron chi connectivity index (χ3n) is 12.3. The molecule has 0 saturated carbocycles. The van der Waals surface area contributed by atoms with Gasteiger partial charge in [-0.1, -0.05) is 218 Å². The van der Waals surface area contributed by atoms with Crippen LogP contribution in [0.4, 0.5) is 11.4 Å². The van der Waals surface area contributed by atoms with E-state index >= 15 is 0 Å². The van der Waals surface area contributed by atoms with Crippen molar-refractivity contribution in [2.75, 3.05) is 4.90 Å². The molecule has 2 unspecified atom stereocenters. The lowest BCUT2D eigenvalue weighted by molar-refractivity contribution is 0.760. The first-order chi connectivity index (χ1) is 32.8. The van der Waals surface area contributed by atoms with Crippen molar-refractivity contribution in [3.63, 3.8) is 0 Å². The van der Waals surface area contributed by atoms with Crippen molar-refractivity contribution in [3.05, 3.63) is 288 Å². The molecule has 0 spiro atoms. The molecule has 0 bridgehead atoms. The minimum absolute atomic E-state index is 0.0972. The van der Waals surface area contributed by atoms with Crippen LogP contribution < -0.4 is 4.90 Å². The Morgan fingerprint density at radius 3 is 1.84 bits per heavy atom. The molecule has 0 aromatic heterocycles. The number of rotatable bonds is 9. The molecule has 62 heavy (non-hydrogen) atoms. The van der Waals surface area contributed by atoms with Gasteiger partial charge in [0.25, 0.3) is 0 Å². The molecule has 2 aliphatic rings. The highest BCUT2D eigenvalue weighted by Gasteiger charge is 2.46. The van der Waals surface area contributed by atoms with Crippen molar-refractivity contribution in [1.29, 1.82) is 0 Å². The summed E-state index contributed by atoms with van der Waals surface area (Å²) in [6.45, 7) is 0. The average Bonchev–Trinajstić information content (AvgIpc) is 3.69. The lowest BCUT2D eigenvalue weighted by Gasteiger charge is -2.36. The highest BCUT2D eigenvalue weighted by molar-refractivity contribution is 5.94. The van der Waals surface area contributed by atoms with E-state index in [4.69, 9.17) is 0 Å². The molecule has 0 aliphatic heterocycles. The molecular weight excluding hydrogens is 747 g/mol. The maximum Gasteiger partial charge on any atom is 0.0714 e. The van der Waals surface area contributed by atoms with E-state index in [-0.39, 0.29) is 29.8 Å². The largest absolute Gasteiger partial charge is 0.334 e. The van der Waals surface area contributed by atoms with E-state index < -0.39 is 17.9 Å². The summed E-state index contributed by atoms with van der Waals surface area (Å²) in [7, 11) is 0. The fourth-order valence-electron chi connectivity index (χ4n) is 9.45. The van der Waals surface area contributed by atoms with Crippen LogP contribution in [0.2, 0.25) is 0 Å². The Kier molecular flexibility index (Phi) is 8.30. The molecule has 2 atom stereocenters. The average molecular weight is 797 g/mol. The van der Waals surface area contributed by atoms with Crippen LogP contribution in [0.15, 0.2) is 254 Å². The van der Waals surface area contributed by atoms with Crippen LogP contribution in [-0.2, 0) is 5.41 Å². The Labute approximate surface area is 372 Å². The fraction of sp³-hybridized carbons (Fsp3) is 0.0492. The molecule has 1 heteroatoms. The van der Waals surface area contributed by atoms with Gasteiger partial charge in [0.15, 0.2) is 0 Å². The first-order valence-electron chi connectivity index (χ1n) is 23.8. The van der Waals surface area contributed by atoms with Gasteiger partial charge in [0.1, 0.15) is 0 Å². The predicted octanol–water partition coefficient (Wildman–Crippen LogP) is 15.5. The molecule has 9 aromatic rings. The van der Waals surface area contributed by atoms with E-state index in [1.54, 1.807) is 0 Å². The van der Waals surface area contributed by atoms with Gasteiger partial charge >= 0.3 is 0 Å². The molecule has 294 valence electrons. The summed E-state index contributed by atoms with van der Waals surface area (Å²) in [6, 6.07) is 76.6. The minimum atomic E-state index is -1.31. The lowest BCUT2D eigenvalue weighted by atomic mass is 9.67. The molecule has 0 fully saturated rings. The van der Waals surface area contributed by atoms with Crippen molar-refractivity contribution < 1.29 is 6.85 Å². The SMILES string of the molecule is [2H]C1=C([2H])C(N(c2ccc(-c3ccc4ccccc4c3)cc2)c2ccc3c(c2)C(c2ccccc2)(c2ccccc2)c2ccccc2-3)C([2H])C([2H])=C1/C(=C(\[2H])c1ccccc1)c1ccccc1. The van der Waals surface area contributed by atoms with E-state index in [1.807, 2.05) is 102 Å². The molecule has 0 saturated heterocycles. The monoisotopic (exact) mass is 796 g/mol. The Morgan fingerprint density at radius 2 is 1.11 bits per heavy atom. The second kappa shape index (κ2) is 16.0. The van der Waals surface area contributed by atoms with Crippen LogP contribution in [0.25, 0.3) is 44.7 Å². The zero-order valence-corrected chi connectivity index (χ0v) is 34.0. The molecule has 1 nitrogen and oxygen atoms in total. The summed E-state index contributed by atoms with van der Waals surface area (Å²) in [5.74, 6) is 0. The second-order valence-electron chi connectivity index (χ2n) is 15.9. The summed E-state index contributed by atoms with van der Waals surface area (Å²) in [6.07, 6.45) is -1.31. The topological polar surface area (TPSA) is 3.24 Å². The van der Waals surface area contributed by atoms with Crippen molar-refractivity contribution in [3.8, 4) is 22.3 Å². The van der Waals surface area contributed by atoms with E-state index in [2.05, 4.69) is 133 Å². The summed E-state index contributed by atoms with van der Waals surface area (Å²) in [5, 5.41) is 2.31. The quantitative estimate of drug-likeness (QED) is 0.132. The van der Waals surface area contributed by atoms with Crippen LogP contribution in [0.5, 0.6) is 0 Å². The van der Waals surface area contributed by atoms with E-state index in [0.29, 0.717) is 16.7 Å². The fourth-order valence-corrected chi connectivity index (χ4v) is 9.45. The van der Waals surface area contributed by atoms with Gasteiger partial charge in [-0.3, -0.25) is 0 Å². The number of hydrogen-bond donors (Lipinski definition) is 0. The molecule has 11 rings (SSSR count). The number of fused-ring (bicyclic) bond motifs is 4. The van der Waals surface area contributed by atoms with Crippen LogP contribution >= 0.6 is 0 Å². The Bertz CT molecular complexity index is 3360. The summed E-state index contributed by atoms with van der Waals surface area (Å²) < 4.78 is 49.3. The number of nitrogens with zero attached hydrogens (tertiary/aromatic N) is 1. The highest BCUT2D eigenvalue weighted by Crippen LogP contribution is 2.57. The number of anilines is 2. The van der Waals surface area contributed by atoms with Crippen LogP contribution in [0.3, 0.4) is 0 Å². The standard InChI is InChI=1S/C61H45N/c1-5-17-44(18-6-1)41-58(47-20-7-2-8-21-47)48-33-37-54(38-34-48)62(53-35-31-46(32-36-53)50-30-29-45-19-13-14-22-49(45)42-50)55-39-40-57-56-27-15-16-28-59(56)61(60(57)43-55,51-23-9-3-10-24-51)52-25-11-4-12-26-52/h1-37,39-43,54H,38H2/b58-41+/i33D,34D,37D,38D,41D. The summed E-state index contributed by atoms with van der Waals surface area (Å²) in [5.41, 5.74) is 11.3. The molecule has 0 heterocycles. The van der Waals surface area contributed by atoms with Crippen LogP contribution in [0.1, 0.15) is 46.6 Å². The molecule has 0 N–H and O–H groups in total. The Hall–Kier alpha value is -7.74. The van der Waals surface area contributed by atoms with E-state index in [0.717, 1.165) is 55.7 Å². The number of allylic oxidation sites excluding steroid dienone is 3. The maximum atomic E-state index is 10.1. The molecule has 0 radical (unpaired) electrons.